The van der Waals surface area contributed by atoms with E-state index in [1.54, 1.807) is 6.21 Å². The van der Waals surface area contributed by atoms with Crippen LogP contribution in [0.3, 0.4) is 0 Å². The van der Waals surface area contributed by atoms with Crippen LogP contribution in [0.15, 0.2) is 83.1 Å². The number of thioether (sulfide) groups is 1. The molecule has 166 valence electrons. The van der Waals surface area contributed by atoms with Gasteiger partial charge in [-0.25, -0.2) is 5.43 Å². The summed E-state index contributed by atoms with van der Waals surface area (Å²) in [6.45, 7) is 4.06. The molecule has 0 aliphatic carbocycles. The van der Waals surface area contributed by atoms with Gasteiger partial charge in [-0.3, -0.25) is 9.36 Å². The highest BCUT2D eigenvalue weighted by atomic mass is 35.5. The Morgan fingerprint density at radius 1 is 0.970 bits per heavy atom. The molecule has 1 amide bonds. The summed E-state index contributed by atoms with van der Waals surface area (Å²) in [4.78, 5) is 12.3. The first-order chi connectivity index (χ1) is 16.0. The van der Waals surface area contributed by atoms with E-state index in [1.165, 1.54) is 17.3 Å². The number of aryl methyl sites for hydroxylation is 2. The van der Waals surface area contributed by atoms with Crippen LogP contribution in [0, 0.1) is 13.8 Å². The zero-order chi connectivity index (χ0) is 23.2. The van der Waals surface area contributed by atoms with Crippen molar-refractivity contribution in [2.45, 2.75) is 19.0 Å². The number of carbonyl (C=O) groups excluding carboxylic acids is 1. The second-order valence-corrected chi connectivity index (χ2v) is 8.86. The molecule has 0 saturated heterocycles. The SMILES string of the molecule is Cc1ccc(/C=N\NC(=O)CSc2nnc(-c3ccc(Cl)cc3)n2-c2ccc(C)cc2)cc1. The summed E-state index contributed by atoms with van der Waals surface area (Å²) in [6, 6.07) is 23.4. The number of halogens is 1. The maximum absolute atomic E-state index is 12.3. The van der Waals surface area contributed by atoms with E-state index < -0.39 is 0 Å². The molecule has 4 rings (SSSR count). The largest absolute Gasteiger partial charge is 0.272 e. The molecule has 0 bridgehead atoms. The van der Waals surface area contributed by atoms with E-state index >= 15 is 0 Å². The van der Waals surface area contributed by atoms with E-state index in [2.05, 4.69) is 20.7 Å². The summed E-state index contributed by atoms with van der Waals surface area (Å²) in [6.07, 6.45) is 1.62. The van der Waals surface area contributed by atoms with Crippen molar-refractivity contribution in [3.05, 3.63) is 94.5 Å². The van der Waals surface area contributed by atoms with Gasteiger partial charge in [0, 0.05) is 16.3 Å². The maximum Gasteiger partial charge on any atom is 0.250 e. The Hall–Kier alpha value is -3.42. The Balaban J connectivity index is 1.51. The number of hydrogen-bond acceptors (Lipinski definition) is 5. The molecule has 33 heavy (non-hydrogen) atoms. The Labute approximate surface area is 201 Å². The van der Waals surface area contributed by atoms with Crippen molar-refractivity contribution < 1.29 is 4.79 Å². The Morgan fingerprint density at radius 3 is 2.27 bits per heavy atom. The second-order valence-electron chi connectivity index (χ2n) is 7.48. The first-order valence-corrected chi connectivity index (χ1v) is 11.7. The molecule has 0 saturated carbocycles. The van der Waals surface area contributed by atoms with Crippen LogP contribution in [-0.2, 0) is 4.79 Å². The van der Waals surface area contributed by atoms with Gasteiger partial charge in [0.1, 0.15) is 0 Å². The molecule has 0 aliphatic heterocycles. The molecule has 1 N–H and O–H groups in total. The number of hydrogen-bond donors (Lipinski definition) is 1. The Bertz CT molecular complexity index is 1270. The number of rotatable bonds is 7. The summed E-state index contributed by atoms with van der Waals surface area (Å²) < 4.78 is 1.94. The van der Waals surface area contributed by atoms with Gasteiger partial charge in [0.15, 0.2) is 11.0 Å². The fourth-order valence-electron chi connectivity index (χ4n) is 3.07. The third-order valence-corrected chi connectivity index (χ3v) is 6.02. The fourth-order valence-corrected chi connectivity index (χ4v) is 3.94. The van der Waals surface area contributed by atoms with Crippen molar-refractivity contribution in [3.63, 3.8) is 0 Å². The number of aromatic nitrogens is 3. The van der Waals surface area contributed by atoms with Crippen molar-refractivity contribution in [3.8, 4) is 17.1 Å². The number of nitrogens with zero attached hydrogens (tertiary/aromatic N) is 4. The lowest BCUT2D eigenvalue weighted by atomic mass is 10.2. The summed E-state index contributed by atoms with van der Waals surface area (Å²) in [7, 11) is 0. The lowest BCUT2D eigenvalue weighted by Gasteiger charge is -2.10. The standard InChI is InChI=1S/C25H22ClN5OS/c1-17-3-7-19(8-4-17)15-27-28-23(32)16-33-25-30-29-24(20-9-11-21(26)12-10-20)31(25)22-13-5-18(2)6-14-22/h3-15H,16H2,1-2H3,(H,28,32)/b27-15-. The minimum absolute atomic E-state index is 0.149. The van der Waals surface area contributed by atoms with E-state index in [0.29, 0.717) is 16.0 Å². The van der Waals surface area contributed by atoms with Gasteiger partial charge in [-0.1, -0.05) is 70.9 Å². The first kappa shape index (κ1) is 22.8. The minimum Gasteiger partial charge on any atom is -0.272 e. The fraction of sp³-hybridized carbons (Fsp3) is 0.120. The van der Waals surface area contributed by atoms with Gasteiger partial charge in [-0.2, -0.15) is 5.10 Å². The van der Waals surface area contributed by atoms with E-state index in [-0.39, 0.29) is 11.7 Å². The predicted molar refractivity (Wildman–Crippen MR) is 134 cm³/mol. The van der Waals surface area contributed by atoms with Gasteiger partial charge in [0.05, 0.1) is 12.0 Å². The van der Waals surface area contributed by atoms with Gasteiger partial charge in [0.25, 0.3) is 5.91 Å². The van der Waals surface area contributed by atoms with Gasteiger partial charge in [0.2, 0.25) is 0 Å². The van der Waals surface area contributed by atoms with E-state index in [1.807, 2.05) is 91.2 Å². The second kappa shape index (κ2) is 10.5. The summed E-state index contributed by atoms with van der Waals surface area (Å²) in [5.41, 5.74) is 7.60. The van der Waals surface area contributed by atoms with Gasteiger partial charge >= 0.3 is 0 Å². The maximum atomic E-state index is 12.3. The molecule has 3 aromatic carbocycles. The van der Waals surface area contributed by atoms with Crippen LogP contribution in [0.1, 0.15) is 16.7 Å². The van der Waals surface area contributed by atoms with Crippen LogP contribution < -0.4 is 5.43 Å². The molecule has 0 atom stereocenters. The highest BCUT2D eigenvalue weighted by Crippen LogP contribution is 2.28. The molecule has 6 nitrogen and oxygen atoms in total. The summed E-state index contributed by atoms with van der Waals surface area (Å²) >= 11 is 7.35. The van der Waals surface area contributed by atoms with Crippen molar-refractivity contribution >= 4 is 35.5 Å². The monoisotopic (exact) mass is 475 g/mol. The third kappa shape index (κ3) is 5.88. The third-order valence-electron chi connectivity index (χ3n) is 4.84. The van der Waals surface area contributed by atoms with Gasteiger partial charge in [-0.05, 0) is 55.8 Å². The molecule has 1 heterocycles. The van der Waals surface area contributed by atoms with Crippen molar-refractivity contribution in [1.29, 1.82) is 0 Å². The molecular weight excluding hydrogens is 454 g/mol. The zero-order valence-corrected chi connectivity index (χ0v) is 19.8. The normalized spacial score (nSPS) is 11.1. The first-order valence-electron chi connectivity index (χ1n) is 10.3. The van der Waals surface area contributed by atoms with Crippen LogP contribution in [0.4, 0.5) is 0 Å². The Morgan fingerprint density at radius 2 is 1.61 bits per heavy atom. The molecule has 0 aliphatic rings. The van der Waals surface area contributed by atoms with E-state index in [4.69, 9.17) is 11.6 Å². The molecule has 0 spiro atoms. The van der Waals surface area contributed by atoms with Crippen molar-refractivity contribution in [2.24, 2.45) is 5.10 Å². The number of benzene rings is 3. The highest BCUT2D eigenvalue weighted by Gasteiger charge is 2.17. The molecule has 1 aromatic heterocycles. The van der Waals surface area contributed by atoms with E-state index in [0.717, 1.165) is 22.4 Å². The lowest BCUT2D eigenvalue weighted by molar-refractivity contribution is -0.118. The highest BCUT2D eigenvalue weighted by molar-refractivity contribution is 7.99. The quantitative estimate of drug-likeness (QED) is 0.219. The number of hydrazone groups is 1. The number of carbonyl (C=O) groups is 1. The molecule has 0 radical (unpaired) electrons. The van der Waals surface area contributed by atoms with Crippen LogP contribution >= 0.6 is 23.4 Å². The van der Waals surface area contributed by atoms with E-state index in [9.17, 15) is 4.79 Å². The molecular formula is C25H22ClN5OS. The van der Waals surface area contributed by atoms with Crippen LogP contribution in [0.5, 0.6) is 0 Å². The molecule has 0 fully saturated rings. The van der Waals surface area contributed by atoms with Gasteiger partial charge in [-0.15, -0.1) is 10.2 Å². The predicted octanol–water partition coefficient (Wildman–Crippen LogP) is 5.45. The smallest absolute Gasteiger partial charge is 0.250 e. The molecule has 4 aromatic rings. The topological polar surface area (TPSA) is 72.2 Å². The zero-order valence-electron chi connectivity index (χ0n) is 18.2. The van der Waals surface area contributed by atoms with Crippen LogP contribution in [-0.4, -0.2) is 32.6 Å². The Kier molecular flexibility index (Phi) is 7.22. The minimum atomic E-state index is -0.227. The average Bonchev–Trinajstić information content (AvgIpc) is 3.24. The van der Waals surface area contributed by atoms with Crippen LogP contribution in [0.2, 0.25) is 5.02 Å². The van der Waals surface area contributed by atoms with Gasteiger partial charge < -0.3 is 0 Å². The average molecular weight is 476 g/mol. The summed E-state index contributed by atoms with van der Waals surface area (Å²) in [5.74, 6) is 0.598. The van der Waals surface area contributed by atoms with Crippen molar-refractivity contribution in [2.75, 3.05) is 5.75 Å². The molecule has 8 heteroatoms. The van der Waals surface area contributed by atoms with Crippen molar-refractivity contribution in [1.82, 2.24) is 20.2 Å². The number of nitrogens with one attached hydrogen (secondary N) is 1. The number of amides is 1. The van der Waals surface area contributed by atoms with Crippen LogP contribution in [0.25, 0.3) is 17.1 Å². The lowest BCUT2D eigenvalue weighted by Crippen LogP contribution is -2.20. The molecule has 0 unspecified atom stereocenters. The summed E-state index contributed by atoms with van der Waals surface area (Å²) in [5, 5.41) is 14.0.